The second-order valence-electron chi connectivity index (χ2n) is 8.98. The highest BCUT2D eigenvalue weighted by Gasteiger charge is 2.33. The molecule has 0 aromatic heterocycles. The van der Waals surface area contributed by atoms with Gasteiger partial charge in [0.1, 0.15) is 12.6 Å². The van der Waals surface area contributed by atoms with Gasteiger partial charge in [-0.2, -0.15) is 0 Å². The highest BCUT2D eigenvalue weighted by molar-refractivity contribution is 7.92. The van der Waals surface area contributed by atoms with E-state index >= 15 is 0 Å². The number of hydrogen-bond acceptors (Lipinski definition) is 4. The average molecular weight is 544 g/mol. The van der Waals surface area contributed by atoms with E-state index in [2.05, 4.69) is 5.32 Å². The Kier molecular flexibility index (Phi) is 9.57. The molecule has 1 unspecified atom stereocenters. The van der Waals surface area contributed by atoms with Crippen molar-refractivity contribution in [3.05, 3.63) is 101 Å². The van der Waals surface area contributed by atoms with E-state index in [0.717, 1.165) is 41.1 Å². The van der Waals surface area contributed by atoms with Gasteiger partial charge < -0.3 is 10.2 Å². The number of benzene rings is 3. The highest BCUT2D eigenvalue weighted by Crippen LogP contribution is 2.22. The van der Waals surface area contributed by atoms with Crippen molar-refractivity contribution >= 4 is 27.5 Å². The number of rotatable bonds is 11. The lowest BCUT2D eigenvalue weighted by molar-refractivity contribution is -0.140. The SMILES string of the molecule is CCNC(=O)C(Cc1ccccc1)N(Cc1cccc(C)c1)C(=O)CN(c1ccc(F)c(F)c1)S(C)(=O)=O. The predicted molar refractivity (Wildman–Crippen MR) is 143 cm³/mol. The number of halogens is 2. The van der Waals surface area contributed by atoms with E-state index in [9.17, 15) is 26.8 Å². The molecule has 202 valence electrons. The number of amides is 2. The molecule has 7 nitrogen and oxygen atoms in total. The molecule has 3 aromatic carbocycles. The number of nitrogens with zero attached hydrogens (tertiary/aromatic N) is 2. The molecule has 0 aliphatic carbocycles. The molecule has 1 atom stereocenters. The summed E-state index contributed by atoms with van der Waals surface area (Å²) in [5.74, 6) is -3.46. The van der Waals surface area contributed by atoms with Crippen molar-refractivity contribution in [1.82, 2.24) is 10.2 Å². The first-order chi connectivity index (χ1) is 18.0. The maximum absolute atomic E-state index is 14.0. The Morgan fingerprint density at radius 1 is 0.921 bits per heavy atom. The Hall–Kier alpha value is -3.79. The standard InChI is InChI=1S/C28H31F2N3O4S/c1-4-31-28(35)26(16-21-10-6-5-7-11-21)32(18-22-12-8-9-20(2)15-22)27(34)19-33(38(3,36)37)23-13-14-24(29)25(30)17-23/h5-15,17,26H,4,16,18-19H2,1-3H3,(H,31,35). The average Bonchev–Trinajstić information content (AvgIpc) is 2.86. The van der Waals surface area contributed by atoms with Gasteiger partial charge in [0.05, 0.1) is 11.9 Å². The van der Waals surface area contributed by atoms with Gasteiger partial charge in [0.2, 0.25) is 21.8 Å². The zero-order valence-corrected chi connectivity index (χ0v) is 22.3. The van der Waals surface area contributed by atoms with Crippen LogP contribution in [0.15, 0.2) is 72.8 Å². The summed E-state index contributed by atoms with van der Waals surface area (Å²) >= 11 is 0. The largest absolute Gasteiger partial charge is 0.355 e. The lowest BCUT2D eigenvalue weighted by Gasteiger charge is -2.33. The Morgan fingerprint density at radius 2 is 1.61 bits per heavy atom. The Morgan fingerprint density at radius 3 is 2.21 bits per heavy atom. The molecule has 0 bridgehead atoms. The molecule has 0 aliphatic heterocycles. The first-order valence-electron chi connectivity index (χ1n) is 12.1. The van der Waals surface area contributed by atoms with Crippen LogP contribution in [0.4, 0.5) is 14.5 Å². The topological polar surface area (TPSA) is 86.8 Å². The van der Waals surface area contributed by atoms with E-state index in [-0.39, 0.29) is 18.7 Å². The Balaban J connectivity index is 2.05. The number of aryl methyl sites for hydroxylation is 1. The molecule has 0 saturated heterocycles. The Bertz CT molecular complexity index is 1380. The number of carbonyl (C=O) groups excluding carboxylic acids is 2. The van der Waals surface area contributed by atoms with Crippen LogP contribution in [0.2, 0.25) is 0 Å². The molecule has 0 aliphatic rings. The van der Waals surface area contributed by atoms with Crippen LogP contribution in [0.3, 0.4) is 0 Å². The maximum Gasteiger partial charge on any atom is 0.244 e. The summed E-state index contributed by atoms with van der Waals surface area (Å²) in [5.41, 5.74) is 2.31. The molecule has 0 radical (unpaired) electrons. The first kappa shape index (κ1) is 28.8. The lowest BCUT2D eigenvalue weighted by Crippen LogP contribution is -2.53. The second kappa shape index (κ2) is 12.6. The third-order valence-corrected chi connectivity index (χ3v) is 7.07. The van der Waals surface area contributed by atoms with Gasteiger partial charge in [0, 0.05) is 25.6 Å². The van der Waals surface area contributed by atoms with Gasteiger partial charge >= 0.3 is 0 Å². The van der Waals surface area contributed by atoms with Crippen LogP contribution in [-0.2, 0) is 32.6 Å². The van der Waals surface area contributed by atoms with E-state index in [1.54, 1.807) is 6.92 Å². The number of nitrogens with one attached hydrogen (secondary N) is 1. The highest BCUT2D eigenvalue weighted by atomic mass is 32.2. The van der Waals surface area contributed by atoms with Crippen LogP contribution >= 0.6 is 0 Å². The zero-order chi connectivity index (χ0) is 27.9. The van der Waals surface area contributed by atoms with Gasteiger partial charge in [-0.15, -0.1) is 0 Å². The smallest absolute Gasteiger partial charge is 0.244 e. The zero-order valence-electron chi connectivity index (χ0n) is 21.5. The van der Waals surface area contributed by atoms with Gasteiger partial charge in [-0.3, -0.25) is 13.9 Å². The lowest BCUT2D eigenvalue weighted by atomic mass is 10.0. The van der Waals surface area contributed by atoms with E-state index < -0.39 is 46.1 Å². The van der Waals surface area contributed by atoms with Gasteiger partial charge in [-0.25, -0.2) is 17.2 Å². The fraction of sp³-hybridized carbons (Fsp3) is 0.286. The van der Waals surface area contributed by atoms with Gasteiger partial charge in [0.15, 0.2) is 11.6 Å². The Labute approximate surface area is 222 Å². The third-order valence-electron chi connectivity index (χ3n) is 5.93. The van der Waals surface area contributed by atoms with Crippen molar-refractivity contribution in [1.29, 1.82) is 0 Å². The molecular weight excluding hydrogens is 512 g/mol. The summed E-state index contributed by atoms with van der Waals surface area (Å²) in [7, 11) is -4.07. The van der Waals surface area contributed by atoms with Crippen molar-refractivity contribution in [3.63, 3.8) is 0 Å². The minimum atomic E-state index is -4.07. The van der Waals surface area contributed by atoms with Crippen LogP contribution in [0.25, 0.3) is 0 Å². The summed E-state index contributed by atoms with van der Waals surface area (Å²) in [6.45, 7) is 3.32. The number of likely N-dealkylation sites (N-methyl/N-ethyl adjacent to an activating group) is 1. The first-order valence-corrected chi connectivity index (χ1v) is 13.9. The summed E-state index contributed by atoms with van der Waals surface area (Å²) in [5, 5.41) is 2.77. The number of carbonyl (C=O) groups is 2. The van der Waals surface area contributed by atoms with Crippen molar-refractivity contribution in [2.24, 2.45) is 0 Å². The number of sulfonamides is 1. The molecule has 10 heteroatoms. The normalized spacial score (nSPS) is 12.0. The van der Waals surface area contributed by atoms with E-state index in [1.807, 2.05) is 61.5 Å². The summed E-state index contributed by atoms with van der Waals surface area (Å²) in [6, 6.07) is 18.2. The number of anilines is 1. The second-order valence-corrected chi connectivity index (χ2v) is 10.9. The fourth-order valence-electron chi connectivity index (χ4n) is 4.11. The van der Waals surface area contributed by atoms with Crippen LogP contribution in [0.5, 0.6) is 0 Å². The van der Waals surface area contributed by atoms with Crippen LogP contribution in [0, 0.1) is 18.6 Å². The predicted octanol–water partition coefficient (Wildman–Crippen LogP) is 3.82. The molecular formula is C28H31F2N3O4S. The summed E-state index contributed by atoms with van der Waals surface area (Å²) < 4.78 is 53.5. The fourth-order valence-corrected chi connectivity index (χ4v) is 4.95. The molecule has 2 amide bonds. The van der Waals surface area contributed by atoms with Crippen molar-refractivity contribution in [2.75, 3.05) is 23.7 Å². The molecule has 0 spiro atoms. The minimum absolute atomic E-state index is 0.0323. The summed E-state index contributed by atoms with van der Waals surface area (Å²) in [4.78, 5) is 28.4. The molecule has 3 rings (SSSR count). The molecule has 3 aromatic rings. The molecule has 0 saturated carbocycles. The molecule has 38 heavy (non-hydrogen) atoms. The van der Waals surface area contributed by atoms with E-state index in [4.69, 9.17) is 0 Å². The molecule has 0 heterocycles. The van der Waals surface area contributed by atoms with Gasteiger partial charge in [-0.1, -0.05) is 60.2 Å². The van der Waals surface area contributed by atoms with Crippen molar-refractivity contribution in [3.8, 4) is 0 Å². The van der Waals surface area contributed by atoms with Crippen LogP contribution < -0.4 is 9.62 Å². The third kappa shape index (κ3) is 7.61. The van der Waals surface area contributed by atoms with Crippen molar-refractivity contribution < 1.29 is 26.8 Å². The monoisotopic (exact) mass is 543 g/mol. The minimum Gasteiger partial charge on any atom is -0.355 e. The molecule has 1 N–H and O–H groups in total. The maximum atomic E-state index is 14.0. The van der Waals surface area contributed by atoms with Gasteiger partial charge in [0.25, 0.3) is 0 Å². The number of hydrogen-bond donors (Lipinski definition) is 1. The van der Waals surface area contributed by atoms with Crippen molar-refractivity contribution in [2.45, 2.75) is 32.9 Å². The van der Waals surface area contributed by atoms with E-state index in [0.29, 0.717) is 10.8 Å². The molecule has 0 fully saturated rings. The quantitative estimate of drug-likeness (QED) is 0.399. The van der Waals surface area contributed by atoms with E-state index in [1.165, 1.54) is 4.90 Å². The van der Waals surface area contributed by atoms with Crippen LogP contribution in [-0.4, -0.2) is 50.5 Å². The van der Waals surface area contributed by atoms with Gasteiger partial charge in [-0.05, 0) is 37.1 Å². The summed E-state index contributed by atoms with van der Waals surface area (Å²) in [6.07, 6.45) is 1.06. The van der Waals surface area contributed by atoms with Crippen LogP contribution in [0.1, 0.15) is 23.6 Å².